The van der Waals surface area contributed by atoms with Crippen LogP contribution >= 0.6 is 34.7 Å². The number of H-pyrrole nitrogens is 1. The maximum atomic E-state index is 13.6. The summed E-state index contributed by atoms with van der Waals surface area (Å²) in [5.41, 5.74) is 1.66. The SMILES string of the molecule is O=C1[C@@H]2[C@@H]3C[C@@H]([C@H]4Sc5[nH]c(=O)sc5[C@@H](c5cccnc5)[C@H]34)[C@@H]2C(=O)N1c1ccc(Cl)cc1. The molecule has 1 saturated heterocycles. The van der Waals surface area contributed by atoms with Crippen LogP contribution in [0.5, 0.6) is 0 Å². The smallest absolute Gasteiger partial charge is 0.305 e. The van der Waals surface area contributed by atoms with Crippen molar-refractivity contribution < 1.29 is 9.59 Å². The van der Waals surface area contributed by atoms with Crippen molar-refractivity contribution in [3.63, 3.8) is 0 Å². The van der Waals surface area contributed by atoms with E-state index < -0.39 is 0 Å². The number of nitrogens with zero attached hydrogens (tertiary/aromatic N) is 2. The minimum Gasteiger partial charge on any atom is -0.307 e. The molecule has 2 amide bonds. The summed E-state index contributed by atoms with van der Waals surface area (Å²) in [6.45, 7) is 0. The average molecular weight is 496 g/mol. The highest BCUT2D eigenvalue weighted by atomic mass is 35.5. The summed E-state index contributed by atoms with van der Waals surface area (Å²) in [6, 6.07) is 10.9. The molecule has 9 heteroatoms. The number of pyridine rings is 1. The Kier molecular flexibility index (Phi) is 4.27. The second-order valence-electron chi connectivity index (χ2n) is 9.24. The first-order valence-corrected chi connectivity index (χ1v) is 13.0. The van der Waals surface area contributed by atoms with E-state index in [-0.39, 0.29) is 57.4 Å². The van der Waals surface area contributed by atoms with E-state index in [2.05, 4.69) is 16.0 Å². The molecule has 0 spiro atoms. The number of aromatic nitrogens is 2. The molecule has 1 N–H and O–H groups in total. The van der Waals surface area contributed by atoms with Gasteiger partial charge in [-0.25, -0.2) is 0 Å². The number of aromatic amines is 1. The van der Waals surface area contributed by atoms with Crippen LogP contribution in [0.25, 0.3) is 0 Å². The van der Waals surface area contributed by atoms with Gasteiger partial charge in [-0.3, -0.25) is 24.3 Å². The van der Waals surface area contributed by atoms with Gasteiger partial charge in [0.25, 0.3) is 0 Å². The van der Waals surface area contributed by atoms with E-state index in [9.17, 15) is 14.4 Å². The zero-order valence-electron chi connectivity index (χ0n) is 17.2. The number of thioether (sulfide) groups is 1. The van der Waals surface area contributed by atoms with Gasteiger partial charge in [0, 0.05) is 33.5 Å². The maximum Gasteiger partial charge on any atom is 0.305 e. The monoisotopic (exact) mass is 495 g/mol. The zero-order chi connectivity index (χ0) is 22.4. The molecular formula is C24H18ClN3O3S2. The maximum absolute atomic E-state index is 13.6. The fourth-order valence-corrected chi connectivity index (χ4v) is 9.81. The summed E-state index contributed by atoms with van der Waals surface area (Å²) < 4.78 is 0. The molecule has 3 fully saturated rings. The highest BCUT2D eigenvalue weighted by molar-refractivity contribution is 8.00. The first kappa shape index (κ1) is 20.0. The Hall–Kier alpha value is -2.42. The first-order chi connectivity index (χ1) is 16.0. The van der Waals surface area contributed by atoms with Crippen LogP contribution in [0.3, 0.4) is 0 Å². The molecule has 2 aromatic heterocycles. The number of carbonyl (C=O) groups excluding carboxylic acids is 2. The number of carbonyl (C=O) groups is 2. The molecule has 4 aliphatic rings. The Bertz CT molecular complexity index is 1360. The molecule has 2 bridgehead atoms. The summed E-state index contributed by atoms with van der Waals surface area (Å²) in [4.78, 5) is 49.2. The lowest BCUT2D eigenvalue weighted by molar-refractivity contribution is -0.123. The predicted molar refractivity (Wildman–Crippen MR) is 127 cm³/mol. The van der Waals surface area contributed by atoms with E-state index in [4.69, 9.17) is 11.6 Å². The lowest BCUT2D eigenvalue weighted by atomic mass is 9.68. The normalized spacial score (nSPS) is 33.8. The Morgan fingerprint density at radius 3 is 2.52 bits per heavy atom. The van der Waals surface area contributed by atoms with Crippen molar-refractivity contribution in [1.29, 1.82) is 0 Å². The lowest BCUT2D eigenvalue weighted by Gasteiger charge is -2.42. The molecule has 2 saturated carbocycles. The van der Waals surface area contributed by atoms with Crippen molar-refractivity contribution in [3.05, 3.63) is 73.9 Å². The number of amides is 2. The van der Waals surface area contributed by atoms with Gasteiger partial charge < -0.3 is 4.98 Å². The van der Waals surface area contributed by atoms with Crippen molar-refractivity contribution in [1.82, 2.24) is 9.97 Å². The number of imide groups is 1. The molecule has 2 aliphatic carbocycles. The van der Waals surface area contributed by atoms with Gasteiger partial charge in [-0.05, 0) is 60.1 Å². The van der Waals surface area contributed by atoms with Crippen molar-refractivity contribution in [2.45, 2.75) is 22.6 Å². The van der Waals surface area contributed by atoms with Gasteiger partial charge in [-0.2, -0.15) is 0 Å². The third kappa shape index (κ3) is 2.68. The zero-order valence-corrected chi connectivity index (χ0v) is 19.6. The fourth-order valence-electron chi connectivity index (χ4n) is 6.79. The van der Waals surface area contributed by atoms with Crippen LogP contribution in [0.2, 0.25) is 5.02 Å². The Labute approximate surface area is 202 Å². The molecule has 7 rings (SSSR count). The van der Waals surface area contributed by atoms with Gasteiger partial charge in [-0.15, -0.1) is 11.8 Å². The molecular weight excluding hydrogens is 478 g/mol. The topological polar surface area (TPSA) is 83.1 Å². The van der Waals surface area contributed by atoms with Crippen molar-refractivity contribution >= 4 is 52.2 Å². The standard InChI is InChI=1S/C24H18ClN3O3S2/c25-11-3-5-12(6-4-11)28-22(29)17-13-8-14(18(17)23(28)30)19-16(13)15(10-2-1-7-26-9-10)20-21(32-19)27-24(31)33-20/h1-7,9,13-19H,8H2,(H,27,31)/t13-,14-,15+,16+,17-,18+,19-/m1/s1. The van der Waals surface area contributed by atoms with E-state index in [1.54, 1.807) is 42.2 Å². The van der Waals surface area contributed by atoms with Crippen molar-refractivity contribution in [2.75, 3.05) is 4.90 Å². The van der Waals surface area contributed by atoms with Crippen LogP contribution in [0.15, 0.2) is 58.6 Å². The number of rotatable bonds is 2. The largest absolute Gasteiger partial charge is 0.307 e. The van der Waals surface area contributed by atoms with E-state index in [0.717, 1.165) is 21.9 Å². The number of fused-ring (bicyclic) bond motifs is 9. The van der Waals surface area contributed by atoms with Gasteiger partial charge in [0.1, 0.15) is 0 Å². The van der Waals surface area contributed by atoms with Gasteiger partial charge in [-0.1, -0.05) is 29.0 Å². The molecule has 166 valence electrons. The predicted octanol–water partition coefficient (Wildman–Crippen LogP) is 4.16. The summed E-state index contributed by atoms with van der Waals surface area (Å²) in [5.74, 6) is -0.396. The number of thiazole rings is 1. The molecule has 33 heavy (non-hydrogen) atoms. The third-order valence-electron chi connectivity index (χ3n) is 7.85. The van der Waals surface area contributed by atoms with Gasteiger partial charge in [0.15, 0.2) is 0 Å². The Morgan fingerprint density at radius 2 is 1.79 bits per heavy atom. The van der Waals surface area contributed by atoms with Crippen LogP contribution in [-0.4, -0.2) is 27.0 Å². The van der Waals surface area contributed by atoms with E-state index in [1.165, 1.54) is 16.2 Å². The van der Waals surface area contributed by atoms with Crippen molar-refractivity contribution in [2.24, 2.45) is 29.6 Å². The minimum atomic E-state index is -0.309. The molecule has 0 radical (unpaired) electrons. The van der Waals surface area contributed by atoms with Crippen LogP contribution in [-0.2, 0) is 9.59 Å². The van der Waals surface area contributed by atoms with E-state index >= 15 is 0 Å². The lowest BCUT2D eigenvalue weighted by Crippen LogP contribution is -2.42. The van der Waals surface area contributed by atoms with Crippen LogP contribution in [0.4, 0.5) is 5.69 Å². The molecule has 7 atom stereocenters. The summed E-state index contributed by atoms with van der Waals surface area (Å²) >= 11 is 8.98. The quantitative estimate of drug-likeness (QED) is 0.540. The molecule has 4 heterocycles. The van der Waals surface area contributed by atoms with Crippen LogP contribution in [0.1, 0.15) is 22.8 Å². The molecule has 2 aliphatic heterocycles. The fraction of sp³-hybridized carbons (Fsp3) is 0.333. The third-order valence-corrected chi connectivity index (χ3v) is 10.7. The van der Waals surface area contributed by atoms with E-state index in [0.29, 0.717) is 10.7 Å². The second kappa shape index (κ2) is 7.04. The first-order valence-electron chi connectivity index (χ1n) is 11.0. The average Bonchev–Trinajstić information content (AvgIpc) is 3.54. The number of halogens is 1. The number of hydrogen-bond acceptors (Lipinski definition) is 6. The highest BCUT2D eigenvalue weighted by Crippen LogP contribution is 2.68. The second-order valence-corrected chi connectivity index (χ2v) is 11.9. The number of benzene rings is 1. The highest BCUT2D eigenvalue weighted by Gasteiger charge is 2.69. The number of anilines is 1. The summed E-state index contributed by atoms with van der Waals surface area (Å²) in [5, 5.41) is 1.66. The Morgan fingerprint density at radius 1 is 1.03 bits per heavy atom. The summed E-state index contributed by atoms with van der Waals surface area (Å²) in [6.07, 6.45) is 4.50. The molecule has 3 aromatic rings. The van der Waals surface area contributed by atoms with Crippen LogP contribution in [0, 0.1) is 29.6 Å². The van der Waals surface area contributed by atoms with Gasteiger partial charge >= 0.3 is 4.87 Å². The molecule has 1 aromatic carbocycles. The number of nitrogens with one attached hydrogen (secondary N) is 1. The summed E-state index contributed by atoms with van der Waals surface area (Å²) in [7, 11) is 0. The minimum absolute atomic E-state index is 0.00679. The van der Waals surface area contributed by atoms with Crippen molar-refractivity contribution in [3.8, 4) is 0 Å². The molecule has 6 nitrogen and oxygen atoms in total. The number of hydrogen-bond donors (Lipinski definition) is 1. The van der Waals surface area contributed by atoms with Gasteiger partial charge in [0.05, 0.1) is 22.5 Å². The van der Waals surface area contributed by atoms with Gasteiger partial charge in [0.2, 0.25) is 11.8 Å². The Balaban J connectivity index is 1.33. The van der Waals surface area contributed by atoms with Crippen LogP contribution < -0.4 is 9.77 Å². The van der Waals surface area contributed by atoms with E-state index in [1.807, 2.05) is 12.3 Å². The molecule has 0 unspecified atom stereocenters.